The maximum absolute atomic E-state index is 12.3. The van der Waals surface area contributed by atoms with Crippen molar-refractivity contribution < 1.29 is 4.79 Å². The largest absolute Gasteiger partial charge is 0.350 e. The highest BCUT2D eigenvalue weighted by Gasteiger charge is 2.24. The molecule has 19 heavy (non-hydrogen) atoms. The lowest BCUT2D eigenvalue weighted by molar-refractivity contribution is 0.0934. The van der Waals surface area contributed by atoms with Gasteiger partial charge in [-0.05, 0) is 54.1 Å². The van der Waals surface area contributed by atoms with E-state index in [0.717, 1.165) is 22.6 Å². The quantitative estimate of drug-likeness (QED) is 0.891. The van der Waals surface area contributed by atoms with E-state index in [2.05, 4.69) is 42.0 Å². The molecule has 106 valence electrons. The lowest BCUT2D eigenvalue weighted by atomic mass is 9.98. The molecule has 0 aliphatic heterocycles. The third-order valence-electron chi connectivity index (χ3n) is 4.17. The van der Waals surface area contributed by atoms with Gasteiger partial charge in [-0.25, -0.2) is 0 Å². The average Bonchev–Trinajstić information content (AvgIpc) is 2.92. The van der Waals surface area contributed by atoms with E-state index in [9.17, 15) is 4.79 Å². The molecule has 1 aromatic rings. The molecule has 4 heteroatoms. The van der Waals surface area contributed by atoms with Crippen molar-refractivity contribution in [2.75, 3.05) is 6.54 Å². The summed E-state index contributed by atoms with van der Waals surface area (Å²) >= 11 is 3.45. The minimum absolute atomic E-state index is 0.0403. The Bertz CT molecular complexity index is 453. The van der Waals surface area contributed by atoms with Crippen LogP contribution in [-0.4, -0.2) is 17.0 Å². The van der Waals surface area contributed by atoms with Crippen LogP contribution in [0, 0.1) is 11.8 Å². The zero-order valence-corrected chi connectivity index (χ0v) is 13.5. The van der Waals surface area contributed by atoms with Crippen molar-refractivity contribution in [3.8, 4) is 0 Å². The van der Waals surface area contributed by atoms with Crippen LogP contribution in [0.4, 0.5) is 0 Å². The molecule has 0 saturated heterocycles. The van der Waals surface area contributed by atoms with Crippen LogP contribution in [0.25, 0.3) is 0 Å². The molecule has 2 rings (SSSR count). The Balaban J connectivity index is 1.99. The number of carbonyl (C=O) groups excluding carboxylic acids is 1. The molecular formula is C15H23BrN2O. The first-order chi connectivity index (χ1) is 8.99. The Hall–Kier alpha value is -0.770. The standard InChI is InChI=1S/C15H23BrN2O/c1-10(2)18-9-13(16)7-14(18)15(19)17-8-12-6-4-5-11(12)3/h7,9-12H,4-6,8H2,1-3H3,(H,17,19). The van der Waals surface area contributed by atoms with Crippen LogP contribution in [0.15, 0.2) is 16.7 Å². The molecule has 2 atom stereocenters. The molecule has 1 amide bonds. The van der Waals surface area contributed by atoms with Crippen molar-refractivity contribution in [3.63, 3.8) is 0 Å². The van der Waals surface area contributed by atoms with E-state index in [1.54, 1.807) is 0 Å². The number of carbonyl (C=O) groups is 1. The fourth-order valence-corrected chi connectivity index (χ4v) is 3.33. The molecule has 1 fully saturated rings. The molecule has 1 aliphatic rings. The van der Waals surface area contributed by atoms with Gasteiger partial charge in [0.25, 0.3) is 5.91 Å². The van der Waals surface area contributed by atoms with Gasteiger partial charge in [0.15, 0.2) is 0 Å². The second-order valence-corrected chi connectivity index (χ2v) is 6.84. The van der Waals surface area contributed by atoms with E-state index in [1.165, 1.54) is 19.3 Å². The van der Waals surface area contributed by atoms with Crippen LogP contribution in [0.1, 0.15) is 56.6 Å². The smallest absolute Gasteiger partial charge is 0.267 e. The lowest BCUT2D eigenvalue weighted by Crippen LogP contribution is -2.31. The minimum Gasteiger partial charge on any atom is -0.350 e. The number of nitrogens with one attached hydrogen (secondary N) is 1. The fourth-order valence-electron chi connectivity index (χ4n) is 2.89. The molecule has 1 aromatic heterocycles. The predicted molar refractivity (Wildman–Crippen MR) is 81.4 cm³/mol. The molecule has 1 heterocycles. The summed E-state index contributed by atoms with van der Waals surface area (Å²) in [6, 6.07) is 2.19. The maximum atomic E-state index is 12.3. The molecule has 2 unspecified atom stereocenters. The molecule has 1 N–H and O–H groups in total. The van der Waals surface area contributed by atoms with Gasteiger partial charge in [0.05, 0.1) is 0 Å². The summed E-state index contributed by atoms with van der Waals surface area (Å²) in [6.07, 6.45) is 5.82. The highest BCUT2D eigenvalue weighted by Crippen LogP contribution is 2.30. The molecular weight excluding hydrogens is 304 g/mol. The first kappa shape index (κ1) is 14.6. The van der Waals surface area contributed by atoms with Gasteiger partial charge < -0.3 is 9.88 Å². The van der Waals surface area contributed by atoms with Gasteiger partial charge in [-0.2, -0.15) is 0 Å². The average molecular weight is 327 g/mol. The Morgan fingerprint density at radius 1 is 1.53 bits per heavy atom. The number of aromatic nitrogens is 1. The lowest BCUT2D eigenvalue weighted by Gasteiger charge is -2.17. The van der Waals surface area contributed by atoms with Crippen LogP contribution in [-0.2, 0) is 0 Å². The van der Waals surface area contributed by atoms with Crippen LogP contribution in [0.3, 0.4) is 0 Å². The third-order valence-corrected chi connectivity index (χ3v) is 4.60. The zero-order chi connectivity index (χ0) is 14.0. The number of amides is 1. The van der Waals surface area contributed by atoms with E-state index in [4.69, 9.17) is 0 Å². The van der Waals surface area contributed by atoms with Crippen LogP contribution >= 0.6 is 15.9 Å². The topological polar surface area (TPSA) is 34.0 Å². The number of nitrogens with zero attached hydrogens (tertiary/aromatic N) is 1. The van der Waals surface area contributed by atoms with Crippen molar-refractivity contribution in [2.45, 2.75) is 46.1 Å². The first-order valence-corrected chi connectivity index (χ1v) is 7.94. The number of halogens is 1. The summed E-state index contributed by atoms with van der Waals surface area (Å²) in [4.78, 5) is 12.3. The van der Waals surface area contributed by atoms with Crippen molar-refractivity contribution in [1.29, 1.82) is 0 Å². The van der Waals surface area contributed by atoms with Gasteiger partial charge in [-0.3, -0.25) is 4.79 Å². The molecule has 0 aromatic carbocycles. The van der Waals surface area contributed by atoms with Gasteiger partial charge in [0, 0.05) is 23.3 Å². The van der Waals surface area contributed by atoms with Gasteiger partial charge in [0.2, 0.25) is 0 Å². The van der Waals surface area contributed by atoms with Gasteiger partial charge in [-0.1, -0.05) is 19.8 Å². The van der Waals surface area contributed by atoms with Gasteiger partial charge >= 0.3 is 0 Å². The zero-order valence-electron chi connectivity index (χ0n) is 11.9. The summed E-state index contributed by atoms with van der Waals surface area (Å²) in [7, 11) is 0. The summed E-state index contributed by atoms with van der Waals surface area (Å²) in [5.41, 5.74) is 0.743. The van der Waals surface area contributed by atoms with E-state index in [1.807, 2.05) is 16.8 Å². The monoisotopic (exact) mass is 326 g/mol. The highest BCUT2D eigenvalue weighted by atomic mass is 79.9. The van der Waals surface area contributed by atoms with Gasteiger partial charge in [0.1, 0.15) is 5.69 Å². The first-order valence-electron chi connectivity index (χ1n) is 7.14. The molecule has 0 spiro atoms. The van der Waals surface area contributed by atoms with Crippen molar-refractivity contribution in [3.05, 3.63) is 22.4 Å². The second kappa shape index (κ2) is 6.12. The molecule has 1 saturated carbocycles. The fraction of sp³-hybridized carbons (Fsp3) is 0.667. The summed E-state index contributed by atoms with van der Waals surface area (Å²) < 4.78 is 2.97. The normalized spacial score (nSPS) is 23.0. The maximum Gasteiger partial charge on any atom is 0.267 e. The van der Waals surface area contributed by atoms with Crippen molar-refractivity contribution >= 4 is 21.8 Å². The van der Waals surface area contributed by atoms with Crippen LogP contribution in [0.5, 0.6) is 0 Å². The summed E-state index contributed by atoms with van der Waals surface area (Å²) in [5, 5.41) is 3.10. The molecule has 0 bridgehead atoms. The minimum atomic E-state index is 0.0403. The van der Waals surface area contributed by atoms with E-state index < -0.39 is 0 Å². The Morgan fingerprint density at radius 3 is 2.84 bits per heavy atom. The number of hydrogen-bond donors (Lipinski definition) is 1. The molecule has 1 aliphatic carbocycles. The van der Waals surface area contributed by atoms with Crippen LogP contribution in [0.2, 0.25) is 0 Å². The molecule has 3 nitrogen and oxygen atoms in total. The van der Waals surface area contributed by atoms with Crippen molar-refractivity contribution in [2.24, 2.45) is 11.8 Å². The van der Waals surface area contributed by atoms with E-state index in [-0.39, 0.29) is 11.9 Å². The Morgan fingerprint density at radius 2 is 2.26 bits per heavy atom. The van der Waals surface area contributed by atoms with Crippen molar-refractivity contribution in [1.82, 2.24) is 9.88 Å². The highest BCUT2D eigenvalue weighted by molar-refractivity contribution is 9.10. The van der Waals surface area contributed by atoms with Crippen LogP contribution < -0.4 is 5.32 Å². The van der Waals surface area contributed by atoms with Gasteiger partial charge in [-0.15, -0.1) is 0 Å². The third kappa shape index (κ3) is 3.41. The second-order valence-electron chi connectivity index (χ2n) is 5.92. The predicted octanol–water partition coefficient (Wildman–Crippen LogP) is 4.00. The Kier molecular flexibility index (Phi) is 4.71. The molecule has 0 radical (unpaired) electrons. The summed E-state index contributed by atoms with van der Waals surface area (Å²) in [5.74, 6) is 1.43. The number of hydrogen-bond acceptors (Lipinski definition) is 1. The number of rotatable bonds is 4. The summed E-state index contributed by atoms with van der Waals surface area (Å²) in [6.45, 7) is 7.27. The Labute approximate surface area is 123 Å². The SMILES string of the molecule is CC1CCCC1CNC(=O)c1cc(Br)cn1C(C)C. The van der Waals surface area contributed by atoms with E-state index in [0.29, 0.717) is 5.92 Å². The van der Waals surface area contributed by atoms with E-state index >= 15 is 0 Å².